The second-order valence-corrected chi connectivity index (χ2v) is 5.49. The summed E-state index contributed by atoms with van der Waals surface area (Å²) >= 11 is 7.87. The van der Waals surface area contributed by atoms with Crippen molar-refractivity contribution in [2.75, 3.05) is 29.5 Å². The van der Waals surface area contributed by atoms with Crippen molar-refractivity contribution in [3.63, 3.8) is 0 Å². The molecule has 88 valence electrons. The SMILES string of the molecule is Cc1nc(N2CCCSCC2)ccc1CCl. The maximum Gasteiger partial charge on any atom is 0.128 e. The first kappa shape index (κ1) is 12.1. The number of nitrogens with zero attached hydrogens (tertiary/aromatic N) is 2. The van der Waals surface area contributed by atoms with Crippen LogP contribution in [0.1, 0.15) is 17.7 Å². The maximum atomic E-state index is 5.84. The molecule has 0 radical (unpaired) electrons. The van der Waals surface area contributed by atoms with E-state index in [1.807, 2.05) is 18.7 Å². The van der Waals surface area contributed by atoms with E-state index < -0.39 is 0 Å². The van der Waals surface area contributed by atoms with Crippen molar-refractivity contribution >= 4 is 29.2 Å². The van der Waals surface area contributed by atoms with E-state index in [1.165, 1.54) is 17.9 Å². The Bertz CT molecular complexity index is 349. The largest absolute Gasteiger partial charge is 0.356 e. The van der Waals surface area contributed by atoms with Crippen LogP contribution < -0.4 is 4.90 Å². The minimum absolute atomic E-state index is 0.551. The van der Waals surface area contributed by atoms with Gasteiger partial charge < -0.3 is 4.90 Å². The van der Waals surface area contributed by atoms with E-state index in [-0.39, 0.29) is 0 Å². The number of pyridine rings is 1. The van der Waals surface area contributed by atoms with E-state index in [0.29, 0.717) is 5.88 Å². The Kier molecular flexibility index (Phi) is 4.36. The van der Waals surface area contributed by atoms with Crippen molar-refractivity contribution in [1.29, 1.82) is 0 Å². The van der Waals surface area contributed by atoms with E-state index in [1.54, 1.807) is 0 Å². The van der Waals surface area contributed by atoms with Crippen LogP contribution in [-0.4, -0.2) is 29.6 Å². The molecule has 0 saturated carbocycles. The van der Waals surface area contributed by atoms with Gasteiger partial charge in [0.1, 0.15) is 5.82 Å². The molecule has 2 rings (SSSR count). The van der Waals surface area contributed by atoms with Crippen molar-refractivity contribution in [1.82, 2.24) is 4.98 Å². The Balaban J connectivity index is 2.16. The average molecular weight is 257 g/mol. The zero-order valence-corrected chi connectivity index (χ0v) is 11.2. The Morgan fingerprint density at radius 2 is 2.25 bits per heavy atom. The van der Waals surface area contributed by atoms with Gasteiger partial charge in [0.2, 0.25) is 0 Å². The minimum Gasteiger partial charge on any atom is -0.356 e. The van der Waals surface area contributed by atoms with Crippen LogP contribution in [0.3, 0.4) is 0 Å². The molecular weight excluding hydrogens is 240 g/mol. The van der Waals surface area contributed by atoms with Gasteiger partial charge >= 0.3 is 0 Å². The standard InChI is InChI=1S/C12H17ClN2S/c1-10-11(9-13)3-4-12(14-10)15-5-2-7-16-8-6-15/h3-4H,2,5-9H2,1H3. The van der Waals surface area contributed by atoms with Gasteiger partial charge in [-0.15, -0.1) is 11.6 Å². The number of thioether (sulfide) groups is 1. The van der Waals surface area contributed by atoms with Gasteiger partial charge in [0.25, 0.3) is 0 Å². The normalized spacial score (nSPS) is 17.2. The van der Waals surface area contributed by atoms with Crippen LogP contribution in [0.4, 0.5) is 5.82 Å². The van der Waals surface area contributed by atoms with Crippen LogP contribution >= 0.6 is 23.4 Å². The summed E-state index contributed by atoms with van der Waals surface area (Å²) in [6, 6.07) is 4.20. The number of hydrogen-bond donors (Lipinski definition) is 0. The van der Waals surface area contributed by atoms with Crippen LogP contribution in [0, 0.1) is 6.92 Å². The fourth-order valence-electron chi connectivity index (χ4n) is 1.87. The lowest BCUT2D eigenvalue weighted by atomic mass is 10.2. The fraction of sp³-hybridized carbons (Fsp3) is 0.583. The highest BCUT2D eigenvalue weighted by Crippen LogP contribution is 2.19. The van der Waals surface area contributed by atoms with Gasteiger partial charge in [-0.05, 0) is 30.7 Å². The molecular formula is C12H17ClN2S. The van der Waals surface area contributed by atoms with Crippen molar-refractivity contribution in [3.05, 3.63) is 23.4 Å². The van der Waals surface area contributed by atoms with E-state index in [4.69, 9.17) is 11.6 Å². The zero-order valence-electron chi connectivity index (χ0n) is 9.58. The van der Waals surface area contributed by atoms with Crippen LogP contribution in [0.15, 0.2) is 12.1 Å². The topological polar surface area (TPSA) is 16.1 Å². The molecule has 1 fully saturated rings. The summed E-state index contributed by atoms with van der Waals surface area (Å²) < 4.78 is 0. The summed E-state index contributed by atoms with van der Waals surface area (Å²) in [7, 11) is 0. The number of aryl methyl sites for hydroxylation is 1. The first-order chi connectivity index (χ1) is 7.81. The summed E-state index contributed by atoms with van der Waals surface area (Å²) in [6.07, 6.45) is 1.25. The highest BCUT2D eigenvalue weighted by molar-refractivity contribution is 7.99. The third-order valence-corrected chi connectivity index (χ3v) is 4.21. The second-order valence-electron chi connectivity index (χ2n) is 4.00. The number of hydrogen-bond acceptors (Lipinski definition) is 3. The third-order valence-electron chi connectivity index (χ3n) is 2.87. The first-order valence-corrected chi connectivity index (χ1v) is 7.35. The maximum absolute atomic E-state index is 5.84. The molecule has 2 nitrogen and oxygen atoms in total. The Morgan fingerprint density at radius 1 is 1.38 bits per heavy atom. The van der Waals surface area contributed by atoms with Gasteiger partial charge in [0.05, 0.1) is 0 Å². The molecule has 1 aliphatic rings. The van der Waals surface area contributed by atoms with Crippen molar-refractivity contribution in [2.45, 2.75) is 19.2 Å². The van der Waals surface area contributed by atoms with Gasteiger partial charge in [0, 0.05) is 30.4 Å². The molecule has 1 saturated heterocycles. The Labute approximate surface area is 106 Å². The molecule has 1 aliphatic heterocycles. The highest BCUT2D eigenvalue weighted by Gasteiger charge is 2.11. The molecule has 0 N–H and O–H groups in total. The minimum atomic E-state index is 0.551. The van der Waals surface area contributed by atoms with Crippen molar-refractivity contribution in [2.24, 2.45) is 0 Å². The number of anilines is 1. The molecule has 0 spiro atoms. The van der Waals surface area contributed by atoms with Gasteiger partial charge in [-0.25, -0.2) is 4.98 Å². The molecule has 16 heavy (non-hydrogen) atoms. The molecule has 1 aromatic heterocycles. The van der Waals surface area contributed by atoms with Crippen molar-refractivity contribution in [3.8, 4) is 0 Å². The molecule has 1 aromatic rings. The smallest absolute Gasteiger partial charge is 0.128 e. The number of halogens is 1. The summed E-state index contributed by atoms with van der Waals surface area (Å²) in [5.74, 6) is 4.14. The van der Waals surface area contributed by atoms with Gasteiger partial charge in [0.15, 0.2) is 0 Å². The molecule has 0 unspecified atom stereocenters. The third kappa shape index (κ3) is 2.83. The Hall–Kier alpha value is -0.410. The molecule has 0 bridgehead atoms. The van der Waals surface area contributed by atoms with Gasteiger partial charge in [-0.1, -0.05) is 6.07 Å². The summed E-state index contributed by atoms with van der Waals surface area (Å²) in [5.41, 5.74) is 2.19. The lowest BCUT2D eigenvalue weighted by Gasteiger charge is -2.21. The Morgan fingerprint density at radius 3 is 3.00 bits per heavy atom. The van der Waals surface area contributed by atoms with Gasteiger partial charge in [-0.3, -0.25) is 0 Å². The lowest BCUT2D eigenvalue weighted by molar-refractivity contribution is 0.798. The van der Waals surface area contributed by atoms with Gasteiger partial charge in [-0.2, -0.15) is 11.8 Å². The summed E-state index contributed by atoms with van der Waals surface area (Å²) in [6.45, 7) is 4.27. The number of alkyl halides is 1. The van der Waals surface area contributed by atoms with Crippen molar-refractivity contribution < 1.29 is 0 Å². The number of rotatable bonds is 2. The monoisotopic (exact) mass is 256 g/mol. The van der Waals surface area contributed by atoms with Crippen LogP contribution in [0.25, 0.3) is 0 Å². The van der Waals surface area contributed by atoms with Crippen LogP contribution in [0.5, 0.6) is 0 Å². The molecule has 2 heterocycles. The number of aromatic nitrogens is 1. The predicted molar refractivity (Wildman–Crippen MR) is 72.7 cm³/mol. The van der Waals surface area contributed by atoms with E-state index in [0.717, 1.165) is 30.2 Å². The second kappa shape index (κ2) is 5.78. The summed E-state index contributed by atoms with van der Waals surface area (Å²) in [4.78, 5) is 7.02. The van der Waals surface area contributed by atoms with E-state index in [9.17, 15) is 0 Å². The summed E-state index contributed by atoms with van der Waals surface area (Å²) in [5, 5.41) is 0. The quantitative estimate of drug-likeness (QED) is 0.757. The first-order valence-electron chi connectivity index (χ1n) is 5.66. The molecule has 0 atom stereocenters. The zero-order chi connectivity index (χ0) is 11.4. The predicted octanol–water partition coefficient (Wildman–Crippen LogP) is 3.07. The van der Waals surface area contributed by atoms with Crippen LogP contribution in [0.2, 0.25) is 0 Å². The molecule has 0 aliphatic carbocycles. The molecule has 4 heteroatoms. The fourth-order valence-corrected chi connectivity index (χ4v) is 3.04. The van der Waals surface area contributed by atoms with Crippen LogP contribution in [-0.2, 0) is 5.88 Å². The molecule has 0 amide bonds. The van der Waals surface area contributed by atoms with E-state index in [2.05, 4.69) is 22.0 Å². The average Bonchev–Trinajstić information content (AvgIpc) is 2.57. The highest BCUT2D eigenvalue weighted by atomic mass is 35.5. The van der Waals surface area contributed by atoms with E-state index >= 15 is 0 Å². The lowest BCUT2D eigenvalue weighted by Crippen LogP contribution is -2.26. The molecule has 0 aromatic carbocycles.